The van der Waals surface area contributed by atoms with Crippen LogP contribution < -0.4 is 15.1 Å². The van der Waals surface area contributed by atoms with E-state index >= 15 is 0 Å². The third kappa shape index (κ3) is 5.12. The minimum Gasteiger partial charge on any atom is -0.372 e. The largest absolute Gasteiger partial charge is 0.372 e. The van der Waals surface area contributed by atoms with E-state index in [4.69, 9.17) is 0 Å². The lowest BCUT2D eigenvalue weighted by Gasteiger charge is -2.25. The van der Waals surface area contributed by atoms with Crippen molar-refractivity contribution < 1.29 is 9.59 Å². The predicted molar refractivity (Wildman–Crippen MR) is 117 cm³/mol. The maximum absolute atomic E-state index is 12.6. The van der Waals surface area contributed by atoms with Crippen LogP contribution in [-0.2, 0) is 16.0 Å². The Morgan fingerprint density at radius 2 is 1.61 bits per heavy atom. The van der Waals surface area contributed by atoms with Gasteiger partial charge in [-0.25, -0.2) is 0 Å². The van der Waals surface area contributed by atoms with Gasteiger partial charge in [0.25, 0.3) is 0 Å². The summed E-state index contributed by atoms with van der Waals surface area (Å²) in [7, 11) is 0. The molecule has 2 aromatic carbocycles. The Labute approximate surface area is 168 Å². The first kappa shape index (κ1) is 21.5. The number of carbonyl (C=O) groups is 2. The standard InChI is InChI=1S/C23H31N3O2/c1-6-19-11-9-10-17(4)23(19)26(18(5)27)16-22(28)24-20-12-14-21(15-13-20)25(7-2)8-3/h9-15H,6-8,16H2,1-5H3,(H,24,28). The molecule has 150 valence electrons. The molecule has 0 atom stereocenters. The Kier molecular flexibility index (Phi) is 7.61. The van der Waals surface area contributed by atoms with Crippen molar-refractivity contribution in [3.63, 3.8) is 0 Å². The van der Waals surface area contributed by atoms with Crippen LogP contribution in [0.5, 0.6) is 0 Å². The normalized spacial score (nSPS) is 10.5. The number of amides is 2. The van der Waals surface area contributed by atoms with Crippen molar-refractivity contribution in [2.24, 2.45) is 0 Å². The first-order valence-corrected chi connectivity index (χ1v) is 9.92. The zero-order valence-electron chi connectivity index (χ0n) is 17.6. The molecule has 0 spiro atoms. The molecule has 0 fully saturated rings. The average molecular weight is 382 g/mol. The summed E-state index contributed by atoms with van der Waals surface area (Å²) in [5.74, 6) is -0.355. The van der Waals surface area contributed by atoms with Crippen LogP contribution in [-0.4, -0.2) is 31.4 Å². The summed E-state index contributed by atoms with van der Waals surface area (Å²) in [5.41, 5.74) is 4.74. The lowest BCUT2D eigenvalue weighted by atomic mass is 10.0. The summed E-state index contributed by atoms with van der Waals surface area (Å²) < 4.78 is 0. The molecule has 2 rings (SSSR count). The van der Waals surface area contributed by atoms with E-state index in [1.165, 1.54) is 6.92 Å². The van der Waals surface area contributed by atoms with E-state index in [0.29, 0.717) is 0 Å². The minimum absolute atomic E-state index is 0.00895. The molecular formula is C23H31N3O2. The molecule has 28 heavy (non-hydrogen) atoms. The molecule has 0 unspecified atom stereocenters. The van der Waals surface area contributed by atoms with Crippen LogP contribution >= 0.6 is 0 Å². The van der Waals surface area contributed by atoms with Crippen LogP contribution in [0.2, 0.25) is 0 Å². The number of nitrogens with zero attached hydrogens (tertiary/aromatic N) is 2. The van der Waals surface area contributed by atoms with Crippen LogP contribution in [0.4, 0.5) is 17.1 Å². The highest BCUT2D eigenvalue weighted by atomic mass is 16.2. The highest BCUT2D eigenvalue weighted by Gasteiger charge is 2.20. The Morgan fingerprint density at radius 3 is 2.14 bits per heavy atom. The zero-order chi connectivity index (χ0) is 20.7. The molecular weight excluding hydrogens is 350 g/mol. The van der Waals surface area contributed by atoms with Gasteiger partial charge in [0.2, 0.25) is 11.8 Å². The fourth-order valence-electron chi connectivity index (χ4n) is 3.43. The van der Waals surface area contributed by atoms with Gasteiger partial charge < -0.3 is 15.1 Å². The molecule has 0 aromatic heterocycles. The van der Waals surface area contributed by atoms with Crippen LogP contribution in [0.25, 0.3) is 0 Å². The fraction of sp³-hybridized carbons (Fsp3) is 0.391. The molecule has 0 radical (unpaired) electrons. The molecule has 2 aromatic rings. The predicted octanol–water partition coefficient (Wildman–Crippen LogP) is 4.40. The van der Waals surface area contributed by atoms with Gasteiger partial charge in [-0.2, -0.15) is 0 Å². The third-order valence-corrected chi connectivity index (χ3v) is 4.93. The minimum atomic E-state index is -0.212. The van der Waals surface area contributed by atoms with Gasteiger partial charge in [-0.1, -0.05) is 25.1 Å². The van der Waals surface area contributed by atoms with Gasteiger partial charge in [0, 0.05) is 31.4 Å². The second kappa shape index (κ2) is 9.93. The average Bonchev–Trinajstić information content (AvgIpc) is 2.68. The maximum Gasteiger partial charge on any atom is 0.244 e. The maximum atomic E-state index is 12.6. The van der Waals surface area contributed by atoms with Crippen molar-refractivity contribution in [1.29, 1.82) is 0 Å². The van der Waals surface area contributed by atoms with Crippen LogP contribution in [0.3, 0.4) is 0 Å². The van der Waals surface area contributed by atoms with Crippen LogP contribution in [0, 0.1) is 6.92 Å². The molecule has 0 heterocycles. The van der Waals surface area contributed by atoms with Crippen LogP contribution in [0.1, 0.15) is 38.8 Å². The van der Waals surface area contributed by atoms with Crippen LogP contribution in [0.15, 0.2) is 42.5 Å². The number of hydrogen-bond donors (Lipinski definition) is 1. The van der Waals surface area contributed by atoms with Crippen molar-refractivity contribution in [3.05, 3.63) is 53.6 Å². The number of anilines is 3. The lowest BCUT2D eigenvalue weighted by Crippen LogP contribution is -2.37. The Balaban J connectivity index is 2.15. The van der Waals surface area contributed by atoms with Crippen molar-refractivity contribution in [2.45, 2.75) is 41.0 Å². The molecule has 1 N–H and O–H groups in total. The second-order valence-electron chi connectivity index (χ2n) is 6.81. The van der Waals surface area contributed by atoms with Gasteiger partial charge in [0.15, 0.2) is 0 Å². The molecule has 0 aliphatic rings. The summed E-state index contributed by atoms with van der Waals surface area (Å²) in [4.78, 5) is 28.7. The number of carbonyl (C=O) groups excluding carboxylic acids is 2. The van der Waals surface area contributed by atoms with Gasteiger partial charge in [-0.05, 0) is 62.6 Å². The molecule has 0 aliphatic heterocycles. The van der Waals surface area contributed by atoms with Crippen molar-refractivity contribution in [3.8, 4) is 0 Å². The smallest absolute Gasteiger partial charge is 0.244 e. The number of aryl methyl sites for hydroxylation is 2. The molecule has 5 heteroatoms. The van der Waals surface area contributed by atoms with E-state index in [0.717, 1.165) is 47.7 Å². The van der Waals surface area contributed by atoms with E-state index in [1.807, 2.05) is 56.3 Å². The van der Waals surface area contributed by atoms with Gasteiger partial charge in [-0.15, -0.1) is 0 Å². The van der Waals surface area contributed by atoms with E-state index in [2.05, 4.69) is 24.1 Å². The van der Waals surface area contributed by atoms with E-state index in [9.17, 15) is 9.59 Å². The van der Waals surface area contributed by atoms with Gasteiger partial charge in [0.05, 0.1) is 5.69 Å². The number of nitrogens with one attached hydrogen (secondary N) is 1. The van der Waals surface area contributed by atoms with E-state index < -0.39 is 0 Å². The van der Waals surface area contributed by atoms with Gasteiger partial charge >= 0.3 is 0 Å². The highest BCUT2D eigenvalue weighted by molar-refractivity contribution is 6.02. The first-order valence-electron chi connectivity index (χ1n) is 9.92. The lowest BCUT2D eigenvalue weighted by molar-refractivity contribution is -0.120. The molecule has 0 saturated carbocycles. The van der Waals surface area contributed by atoms with Crippen molar-refractivity contribution in [1.82, 2.24) is 0 Å². The van der Waals surface area contributed by atoms with Crippen molar-refractivity contribution >= 4 is 28.9 Å². The molecule has 0 saturated heterocycles. The monoisotopic (exact) mass is 381 g/mol. The number of benzene rings is 2. The second-order valence-corrected chi connectivity index (χ2v) is 6.81. The summed E-state index contributed by atoms with van der Waals surface area (Å²) in [6.07, 6.45) is 0.801. The molecule has 0 aliphatic carbocycles. The fourth-order valence-corrected chi connectivity index (χ4v) is 3.43. The molecule has 0 bridgehead atoms. The summed E-state index contributed by atoms with van der Waals surface area (Å²) in [6, 6.07) is 13.7. The number of rotatable bonds is 8. The number of para-hydroxylation sites is 1. The third-order valence-electron chi connectivity index (χ3n) is 4.93. The summed E-state index contributed by atoms with van der Waals surface area (Å²) >= 11 is 0. The first-order chi connectivity index (χ1) is 13.4. The Hall–Kier alpha value is -2.82. The highest BCUT2D eigenvalue weighted by Crippen LogP contribution is 2.26. The zero-order valence-corrected chi connectivity index (χ0v) is 17.6. The van der Waals surface area contributed by atoms with Gasteiger partial charge in [-0.3, -0.25) is 9.59 Å². The molecule has 5 nitrogen and oxygen atoms in total. The van der Waals surface area contributed by atoms with Gasteiger partial charge in [0.1, 0.15) is 6.54 Å². The topological polar surface area (TPSA) is 52.7 Å². The number of hydrogen-bond acceptors (Lipinski definition) is 3. The SMILES string of the molecule is CCc1cccc(C)c1N(CC(=O)Nc1ccc(N(CC)CC)cc1)C(C)=O. The van der Waals surface area contributed by atoms with Crippen molar-refractivity contribution in [2.75, 3.05) is 34.8 Å². The van der Waals surface area contributed by atoms with E-state index in [-0.39, 0.29) is 18.4 Å². The summed E-state index contributed by atoms with van der Waals surface area (Å²) in [6.45, 7) is 11.6. The Morgan fingerprint density at radius 1 is 0.964 bits per heavy atom. The quantitative estimate of drug-likeness (QED) is 0.738. The summed E-state index contributed by atoms with van der Waals surface area (Å²) in [5, 5.41) is 2.90. The Bertz CT molecular complexity index is 811. The van der Waals surface area contributed by atoms with E-state index in [1.54, 1.807) is 4.90 Å². The molecule has 2 amide bonds.